The van der Waals surface area contributed by atoms with Gasteiger partial charge in [0.1, 0.15) is 5.00 Å². The Morgan fingerprint density at radius 3 is 2.21 bits per heavy atom. The van der Waals surface area contributed by atoms with Gasteiger partial charge in [-0.2, -0.15) is 0 Å². The number of anilines is 1. The maximum atomic E-state index is 12.8. The predicted octanol–water partition coefficient (Wildman–Crippen LogP) is 3.12. The van der Waals surface area contributed by atoms with Gasteiger partial charge in [-0.1, -0.05) is 6.07 Å². The van der Waals surface area contributed by atoms with Crippen LogP contribution in [-0.2, 0) is 0 Å². The molecule has 1 N–H and O–H groups in total. The molecule has 2 heterocycles. The first-order valence-corrected chi connectivity index (χ1v) is 9.74. The van der Waals surface area contributed by atoms with Gasteiger partial charge < -0.3 is 29.4 Å². The highest BCUT2D eigenvalue weighted by Crippen LogP contribution is 2.40. The van der Waals surface area contributed by atoms with Crippen molar-refractivity contribution < 1.29 is 28.9 Å². The molecule has 0 aliphatic rings. The van der Waals surface area contributed by atoms with E-state index in [-0.39, 0.29) is 16.1 Å². The van der Waals surface area contributed by atoms with Crippen molar-refractivity contribution in [3.8, 4) is 27.7 Å². The zero-order chi connectivity index (χ0) is 20.3. The zero-order valence-corrected chi connectivity index (χ0v) is 16.9. The first kappa shape index (κ1) is 19.7. The Kier molecular flexibility index (Phi) is 5.86. The molecule has 0 fully saturated rings. The van der Waals surface area contributed by atoms with Crippen LogP contribution in [0.1, 0.15) is 20.7 Å². The summed E-state index contributed by atoms with van der Waals surface area (Å²) in [6.07, 6.45) is 0. The fourth-order valence-corrected chi connectivity index (χ4v) is 4.42. The molecule has 2 aromatic heterocycles. The van der Waals surface area contributed by atoms with Crippen molar-refractivity contribution in [1.82, 2.24) is 0 Å². The Morgan fingerprint density at radius 2 is 1.71 bits per heavy atom. The molecule has 1 aromatic carbocycles. The van der Waals surface area contributed by atoms with Crippen molar-refractivity contribution in [3.63, 3.8) is 0 Å². The quantitative estimate of drug-likeness (QED) is 0.633. The number of carbonyl (C=O) groups excluding carboxylic acids is 2. The van der Waals surface area contributed by atoms with E-state index in [2.05, 4.69) is 5.32 Å². The summed E-state index contributed by atoms with van der Waals surface area (Å²) in [5.74, 6) is -0.880. The molecule has 0 aliphatic heterocycles. The van der Waals surface area contributed by atoms with E-state index in [0.717, 1.165) is 16.2 Å². The number of hydrogen-bond acceptors (Lipinski definition) is 8. The largest absolute Gasteiger partial charge is 0.545 e. The lowest BCUT2D eigenvalue weighted by Crippen LogP contribution is -2.24. The lowest BCUT2D eigenvalue weighted by atomic mass is 10.1. The molecule has 0 radical (unpaired) electrons. The standard InChI is InChI=1S/C19H17NO6S2/c1-24-12-7-10(8-13(25-2)16(12)26-3)17(21)20-18-15(19(22)23)11(9-28-18)14-5-4-6-27-14/h4-9H,1-3H3,(H,20,21)(H,22,23)/p-1. The van der Waals surface area contributed by atoms with E-state index in [0.29, 0.717) is 22.8 Å². The number of nitrogens with one attached hydrogen (secondary N) is 1. The van der Waals surface area contributed by atoms with Crippen molar-refractivity contribution in [3.05, 3.63) is 46.2 Å². The lowest BCUT2D eigenvalue weighted by molar-refractivity contribution is -0.254. The number of ether oxygens (including phenoxy) is 3. The molecular weight excluding hydrogens is 402 g/mol. The summed E-state index contributed by atoms with van der Waals surface area (Å²) in [5, 5.41) is 18.1. The summed E-state index contributed by atoms with van der Waals surface area (Å²) in [4.78, 5) is 25.2. The number of aromatic carboxylic acids is 1. The minimum Gasteiger partial charge on any atom is -0.545 e. The Balaban J connectivity index is 1.97. The van der Waals surface area contributed by atoms with Gasteiger partial charge in [-0.15, -0.1) is 22.7 Å². The van der Waals surface area contributed by atoms with Crippen molar-refractivity contribution in [2.45, 2.75) is 0 Å². The summed E-state index contributed by atoms with van der Waals surface area (Å²) in [6, 6.07) is 6.61. The third-order valence-electron chi connectivity index (χ3n) is 3.94. The minimum absolute atomic E-state index is 0.0479. The Bertz CT molecular complexity index is 985. The van der Waals surface area contributed by atoms with Crippen LogP contribution in [0.25, 0.3) is 10.4 Å². The number of amides is 1. The van der Waals surface area contributed by atoms with E-state index in [1.165, 1.54) is 44.8 Å². The summed E-state index contributed by atoms with van der Waals surface area (Å²) in [6.45, 7) is 0. The van der Waals surface area contributed by atoms with Crippen LogP contribution < -0.4 is 24.6 Å². The highest BCUT2D eigenvalue weighted by molar-refractivity contribution is 7.17. The summed E-state index contributed by atoms with van der Waals surface area (Å²) in [5.41, 5.74) is 0.693. The molecule has 0 unspecified atom stereocenters. The third-order valence-corrected chi connectivity index (χ3v) is 5.73. The number of hydrogen-bond donors (Lipinski definition) is 1. The van der Waals surface area contributed by atoms with Crippen LogP contribution in [0.3, 0.4) is 0 Å². The number of rotatable bonds is 7. The van der Waals surface area contributed by atoms with E-state index in [1.807, 2.05) is 17.5 Å². The van der Waals surface area contributed by atoms with Crippen molar-refractivity contribution in [2.75, 3.05) is 26.6 Å². The van der Waals surface area contributed by atoms with Crippen molar-refractivity contribution in [2.24, 2.45) is 0 Å². The minimum atomic E-state index is -1.36. The lowest BCUT2D eigenvalue weighted by Gasteiger charge is -2.14. The fraction of sp³-hybridized carbons (Fsp3) is 0.158. The summed E-state index contributed by atoms with van der Waals surface area (Å²) in [7, 11) is 4.35. The van der Waals surface area contributed by atoms with Crippen molar-refractivity contribution >= 4 is 39.6 Å². The second-order valence-electron chi connectivity index (χ2n) is 5.49. The molecule has 0 saturated carbocycles. The normalized spacial score (nSPS) is 10.4. The molecule has 9 heteroatoms. The summed E-state index contributed by atoms with van der Waals surface area (Å²) < 4.78 is 15.7. The van der Waals surface area contributed by atoms with Crippen LogP contribution in [0.4, 0.5) is 5.00 Å². The molecule has 0 aliphatic carbocycles. The molecule has 28 heavy (non-hydrogen) atoms. The molecule has 0 saturated heterocycles. The van der Waals surface area contributed by atoms with Gasteiger partial charge in [0.15, 0.2) is 11.5 Å². The first-order chi connectivity index (χ1) is 13.5. The number of thiophene rings is 2. The maximum Gasteiger partial charge on any atom is 0.256 e. The van der Waals surface area contributed by atoms with Crippen LogP contribution in [0.5, 0.6) is 17.2 Å². The summed E-state index contributed by atoms with van der Waals surface area (Å²) >= 11 is 2.53. The molecule has 0 spiro atoms. The number of methoxy groups -OCH3 is 3. The Labute approximate surface area is 169 Å². The number of benzene rings is 1. The van der Waals surface area contributed by atoms with Crippen LogP contribution in [0.15, 0.2) is 35.0 Å². The molecule has 146 valence electrons. The smallest absolute Gasteiger partial charge is 0.256 e. The second-order valence-corrected chi connectivity index (χ2v) is 7.31. The monoisotopic (exact) mass is 418 g/mol. The van der Waals surface area contributed by atoms with Gasteiger partial charge in [-0.3, -0.25) is 4.79 Å². The molecule has 0 bridgehead atoms. The predicted molar refractivity (Wildman–Crippen MR) is 106 cm³/mol. The van der Waals surface area contributed by atoms with Gasteiger partial charge in [-0.25, -0.2) is 0 Å². The Hall–Kier alpha value is -3.04. The molecule has 1 amide bonds. The molecule has 3 rings (SSSR count). The van der Waals surface area contributed by atoms with E-state index < -0.39 is 11.9 Å². The van der Waals surface area contributed by atoms with Gasteiger partial charge in [0, 0.05) is 26.9 Å². The van der Waals surface area contributed by atoms with Crippen LogP contribution >= 0.6 is 22.7 Å². The average Bonchev–Trinajstić information content (AvgIpc) is 3.36. The molecular formula is C19H16NO6S2-. The number of carbonyl (C=O) groups is 2. The Morgan fingerprint density at radius 1 is 1.04 bits per heavy atom. The molecule has 3 aromatic rings. The first-order valence-electron chi connectivity index (χ1n) is 7.98. The second kappa shape index (κ2) is 8.32. The van der Waals surface area contributed by atoms with E-state index in [1.54, 1.807) is 5.38 Å². The van der Waals surface area contributed by atoms with Gasteiger partial charge in [0.25, 0.3) is 5.91 Å². The van der Waals surface area contributed by atoms with Crippen LogP contribution in [0, 0.1) is 0 Å². The highest BCUT2D eigenvalue weighted by Gasteiger charge is 2.20. The van der Waals surface area contributed by atoms with E-state index in [9.17, 15) is 14.7 Å². The van der Waals surface area contributed by atoms with Crippen molar-refractivity contribution in [1.29, 1.82) is 0 Å². The third kappa shape index (κ3) is 3.67. The molecule has 7 nitrogen and oxygen atoms in total. The van der Waals surface area contributed by atoms with Crippen LogP contribution in [-0.4, -0.2) is 33.2 Å². The van der Waals surface area contributed by atoms with E-state index >= 15 is 0 Å². The topological polar surface area (TPSA) is 96.9 Å². The average molecular weight is 418 g/mol. The van der Waals surface area contributed by atoms with Gasteiger partial charge in [0.05, 0.1) is 27.3 Å². The van der Waals surface area contributed by atoms with Gasteiger partial charge >= 0.3 is 0 Å². The highest BCUT2D eigenvalue weighted by atomic mass is 32.1. The van der Waals surface area contributed by atoms with Gasteiger partial charge in [0.2, 0.25) is 5.75 Å². The number of carboxylic acids is 1. The van der Waals surface area contributed by atoms with Gasteiger partial charge in [-0.05, 0) is 23.6 Å². The molecule has 0 atom stereocenters. The fourth-order valence-electron chi connectivity index (χ4n) is 2.65. The number of carboxylic acid groups (broad SMARTS) is 1. The SMILES string of the molecule is COc1cc(C(=O)Nc2scc(-c3cccs3)c2C(=O)[O-])cc(OC)c1OC. The van der Waals surface area contributed by atoms with E-state index in [4.69, 9.17) is 14.2 Å². The zero-order valence-electron chi connectivity index (χ0n) is 15.2. The van der Waals surface area contributed by atoms with Crippen LogP contribution in [0.2, 0.25) is 0 Å². The maximum absolute atomic E-state index is 12.8.